The first-order valence-electron chi connectivity index (χ1n) is 5.23. The Labute approximate surface area is 112 Å². The van der Waals surface area contributed by atoms with Crippen molar-refractivity contribution < 1.29 is 31.1 Å². The van der Waals surface area contributed by atoms with E-state index in [4.69, 9.17) is 5.73 Å². The highest BCUT2D eigenvalue weighted by molar-refractivity contribution is 5.94. The average molecular weight is 309 g/mol. The molecule has 1 aromatic carbocycles. The molecule has 0 fully saturated rings. The van der Waals surface area contributed by atoms with Crippen LogP contribution in [-0.2, 0) is 6.18 Å². The number of carbonyl (C=O) groups excluding carboxylic acids is 1. The molecule has 112 valence electrons. The topological polar surface area (TPSA) is 60.9 Å². The molecule has 21 heavy (non-hydrogen) atoms. The molecule has 2 rings (SSSR count). The standard InChI is InChI=1S/C11H5F6N3O/c12-5-1-2-6(8(14)7(5)13)20-9(11(15,16)17)4(3-19-20)10(18)21/h1-3H,(H2,18,21). The zero-order valence-electron chi connectivity index (χ0n) is 9.88. The highest BCUT2D eigenvalue weighted by Gasteiger charge is 2.40. The Morgan fingerprint density at radius 2 is 1.76 bits per heavy atom. The molecule has 2 aromatic rings. The molecule has 2 N–H and O–H groups in total. The first-order valence-corrected chi connectivity index (χ1v) is 5.23. The van der Waals surface area contributed by atoms with Crippen molar-refractivity contribution in [3.8, 4) is 5.69 Å². The van der Waals surface area contributed by atoms with Crippen LogP contribution in [0.4, 0.5) is 26.3 Å². The number of hydrogen-bond acceptors (Lipinski definition) is 2. The molecule has 0 atom stereocenters. The first-order chi connectivity index (χ1) is 9.64. The van der Waals surface area contributed by atoms with E-state index >= 15 is 0 Å². The molecular weight excluding hydrogens is 304 g/mol. The van der Waals surface area contributed by atoms with E-state index in [0.717, 1.165) is 0 Å². The van der Waals surface area contributed by atoms with Crippen LogP contribution < -0.4 is 5.73 Å². The SMILES string of the molecule is NC(=O)c1cnn(-c2ccc(F)c(F)c2F)c1C(F)(F)F. The summed E-state index contributed by atoms with van der Waals surface area (Å²) in [6, 6.07) is 0.986. The molecule has 0 saturated carbocycles. The van der Waals surface area contributed by atoms with Crippen LogP contribution in [0.25, 0.3) is 5.69 Å². The second-order valence-corrected chi connectivity index (χ2v) is 3.88. The van der Waals surface area contributed by atoms with Crippen LogP contribution >= 0.6 is 0 Å². The van der Waals surface area contributed by atoms with Gasteiger partial charge in [-0.2, -0.15) is 18.3 Å². The van der Waals surface area contributed by atoms with Gasteiger partial charge in [0.05, 0.1) is 11.8 Å². The number of carbonyl (C=O) groups is 1. The Balaban J connectivity index is 2.77. The Morgan fingerprint density at radius 1 is 1.14 bits per heavy atom. The van der Waals surface area contributed by atoms with E-state index in [1.165, 1.54) is 0 Å². The summed E-state index contributed by atoms with van der Waals surface area (Å²) in [5.74, 6) is -6.86. The number of primary amides is 1. The van der Waals surface area contributed by atoms with Gasteiger partial charge >= 0.3 is 6.18 Å². The third kappa shape index (κ3) is 2.43. The van der Waals surface area contributed by atoms with E-state index in [2.05, 4.69) is 5.10 Å². The maximum atomic E-state index is 13.6. The van der Waals surface area contributed by atoms with Gasteiger partial charge in [0.1, 0.15) is 5.69 Å². The van der Waals surface area contributed by atoms with Gasteiger partial charge in [0, 0.05) is 0 Å². The second-order valence-electron chi connectivity index (χ2n) is 3.88. The molecule has 0 aliphatic rings. The lowest BCUT2D eigenvalue weighted by Gasteiger charge is -2.12. The molecule has 0 aliphatic carbocycles. The molecule has 10 heteroatoms. The van der Waals surface area contributed by atoms with Crippen LogP contribution in [-0.4, -0.2) is 15.7 Å². The first kappa shape index (κ1) is 14.9. The second kappa shape index (κ2) is 4.79. The predicted octanol–water partition coefficient (Wildman–Crippen LogP) is 2.41. The third-order valence-corrected chi connectivity index (χ3v) is 2.55. The number of benzene rings is 1. The van der Waals surface area contributed by atoms with Crippen LogP contribution in [0.1, 0.15) is 16.1 Å². The number of alkyl halides is 3. The number of amides is 1. The van der Waals surface area contributed by atoms with Gasteiger partial charge in [-0.15, -0.1) is 0 Å². The fraction of sp³-hybridized carbons (Fsp3) is 0.0909. The summed E-state index contributed by atoms with van der Waals surface area (Å²) in [7, 11) is 0. The summed E-state index contributed by atoms with van der Waals surface area (Å²) in [4.78, 5) is 11.0. The smallest absolute Gasteiger partial charge is 0.365 e. The van der Waals surface area contributed by atoms with Crippen molar-refractivity contribution in [3.63, 3.8) is 0 Å². The van der Waals surface area contributed by atoms with Crippen molar-refractivity contribution in [3.05, 3.63) is 47.0 Å². The summed E-state index contributed by atoms with van der Waals surface area (Å²) >= 11 is 0. The van der Waals surface area contributed by atoms with E-state index in [1.807, 2.05) is 0 Å². The molecule has 4 nitrogen and oxygen atoms in total. The number of hydrogen-bond donors (Lipinski definition) is 1. The number of nitrogens with zero attached hydrogens (tertiary/aromatic N) is 2. The molecule has 0 spiro atoms. The van der Waals surface area contributed by atoms with E-state index in [0.29, 0.717) is 18.3 Å². The minimum absolute atomic E-state index is 0.0576. The van der Waals surface area contributed by atoms with Crippen LogP contribution in [0.5, 0.6) is 0 Å². The highest BCUT2D eigenvalue weighted by atomic mass is 19.4. The minimum Gasteiger partial charge on any atom is -0.365 e. The van der Waals surface area contributed by atoms with E-state index in [1.54, 1.807) is 0 Å². The maximum absolute atomic E-state index is 13.6. The maximum Gasteiger partial charge on any atom is 0.434 e. The zero-order valence-corrected chi connectivity index (χ0v) is 9.88. The number of aromatic nitrogens is 2. The summed E-state index contributed by atoms with van der Waals surface area (Å²) in [5.41, 5.74) is 1.07. The van der Waals surface area contributed by atoms with Crippen LogP contribution in [0.2, 0.25) is 0 Å². The fourth-order valence-corrected chi connectivity index (χ4v) is 1.66. The lowest BCUT2D eigenvalue weighted by Crippen LogP contribution is -2.21. The van der Waals surface area contributed by atoms with E-state index in [-0.39, 0.29) is 4.68 Å². The Morgan fingerprint density at radius 3 is 2.29 bits per heavy atom. The van der Waals surface area contributed by atoms with Gasteiger partial charge in [0.25, 0.3) is 5.91 Å². The average Bonchev–Trinajstić information content (AvgIpc) is 2.81. The van der Waals surface area contributed by atoms with Gasteiger partial charge in [-0.25, -0.2) is 17.9 Å². The summed E-state index contributed by atoms with van der Waals surface area (Å²) < 4.78 is 78.2. The Kier molecular flexibility index (Phi) is 3.39. The zero-order chi connectivity index (χ0) is 15.9. The molecule has 0 radical (unpaired) electrons. The molecule has 1 heterocycles. The highest BCUT2D eigenvalue weighted by Crippen LogP contribution is 2.34. The number of nitrogens with two attached hydrogens (primary N) is 1. The summed E-state index contributed by atoms with van der Waals surface area (Å²) in [6.07, 6.45) is -4.65. The monoisotopic (exact) mass is 309 g/mol. The number of rotatable bonds is 2. The van der Waals surface area contributed by atoms with Crippen molar-refractivity contribution in [1.82, 2.24) is 9.78 Å². The van der Waals surface area contributed by atoms with Crippen molar-refractivity contribution in [2.75, 3.05) is 0 Å². The van der Waals surface area contributed by atoms with Crippen LogP contribution in [0.3, 0.4) is 0 Å². The van der Waals surface area contributed by atoms with Gasteiger partial charge in [0.2, 0.25) is 0 Å². The number of halogens is 6. The van der Waals surface area contributed by atoms with Crippen molar-refractivity contribution in [2.24, 2.45) is 5.73 Å². The minimum atomic E-state index is -5.11. The van der Waals surface area contributed by atoms with Gasteiger partial charge in [0.15, 0.2) is 23.1 Å². The lowest BCUT2D eigenvalue weighted by molar-refractivity contribution is -0.143. The fourth-order valence-electron chi connectivity index (χ4n) is 1.66. The lowest BCUT2D eigenvalue weighted by atomic mass is 10.2. The van der Waals surface area contributed by atoms with Gasteiger partial charge < -0.3 is 5.73 Å². The van der Waals surface area contributed by atoms with Gasteiger partial charge in [-0.3, -0.25) is 4.79 Å². The van der Waals surface area contributed by atoms with E-state index < -0.39 is 46.5 Å². The normalized spacial score (nSPS) is 11.7. The Bertz CT molecular complexity index is 721. The van der Waals surface area contributed by atoms with Crippen molar-refractivity contribution in [2.45, 2.75) is 6.18 Å². The molecule has 1 aromatic heterocycles. The Hall–Kier alpha value is -2.52. The van der Waals surface area contributed by atoms with Crippen molar-refractivity contribution >= 4 is 5.91 Å². The molecular formula is C11H5F6N3O. The van der Waals surface area contributed by atoms with Crippen molar-refractivity contribution in [1.29, 1.82) is 0 Å². The van der Waals surface area contributed by atoms with E-state index in [9.17, 15) is 31.1 Å². The summed E-state index contributed by atoms with van der Waals surface area (Å²) in [5, 5.41) is 3.17. The van der Waals surface area contributed by atoms with Crippen LogP contribution in [0, 0.1) is 17.5 Å². The predicted molar refractivity (Wildman–Crippen MR) is 57.0 cm³/mol. The van der Waals surface area contributed by atoms with Gasteiger partial charge in [-0.1, -0.05) is 0 Å². The largest absolute Gasteiger partial charge is 0.434 e. The molecule has 0 bridgehead atoms. The molecule has 1 amide bonds. The third-order valence-electron chi connectivity index (χ3n) is 2.55. The molecule has 0 saturated heterocycles. The van der Waals surface area contributed by atoms with Crippen LogP contribution in [0.15, 0.2) is 18.3 Å². The van der Waals surface area contributed by atoms with Gasteiger partial charge in [-0.05, 0) is 12.1 Å². The quantitative estimate of drug-likeness (QED) is 0.684. The molecule has 0 aliphatic heterocycles. The molecule has 0 unspecified atom stereocenters. The summed E-state index contributed by atoms with van der Waals surface area (Å²) in [6.45, 7) is 0.